The summed E-state index contributed by atoms with van der Waals surface area (Å²) in [5, 5.41) is 9.67. The Kier molecular flexibility index (Phi) is 8.92. The van der Waals surface area contributed by atoms with Crippen LogP contribution in [-0.4, -0.2) is 50.3 Å². The number of piperidine rings is 1. The van der Waals surface area contributed by atoms with Crippen LogP contribution in [0.2, 0.25) is 5.02 Å². The van der Waals surface area contributed by atoms with E-state index in [0.717, 1.165) is 12.1 Å². The van der Waals surface area contributed by atoms with E-state index in [9.17, 15) is 23.1 Å². The number of nitrogens with zero attached hydrogens (tertiary/aromatic N) is 4. The molecule has 1 unspecified atom stereocenters. The third-order valence-electron chi connectivity index (χ3n) is 6.32. The van der Waals surface area contributed by atoms with Crippen molar-refractivity contribution < 1.29 is 27.8 Å². The van der Waals surface area contributed by atoms with Crippen LogP contribution in [0.4, 0.5) is 23.9 Å². The van der Waals surface area contributed by atoms with Crippen molar-refractivity contribution in [2.24, 2.45) is 0 Å². The summed E-state index contributed by atoms with van der Waals surface area (Å²) in [5.74, 6) is 0.152. The molecule has 36 heavy (non-hydrogen) atoms. The number of halogens is 4. The van der Waals surface area contributed by atoms with E-state index < -0.39 is 11.7 Å². The number of aromatic nitrogens is 2. The van der Waals surface area contributed by atoms with Crippen LogP contribution in [0, 0.1) is 0 Å². The third kappa shape index (κ3) is 6.72. The molecule has 7 nitrogen and oxygen atoms in total. The maximum absolute atomic E-state index is 13.4. The van der Waals surface area contributed by atoms with E-state index in [0.29, 0.717) is 31.2 Å². The van der Waals surface area contributed by atoms with E-state index >= 15 is 0 Å². The predicted octanol–water partition coefficient (Wildman–Crippen LogP) is 6.43. The van der Waals surface area contributed by atoms with Crippen LogP contribution >= 0.6 is 11.6 Å². The number of carbonyl (C=O) groups excluding carboxylic acids is 1. The second-order valence-corrected chi connectivity index (χ2v) is 9.74. The van der Waals surface area contributed by atoms with E-state index in [1.165, 1.54) is 18.5 Å². The number of anilines is 1. The number of hydrogen-bond acceptors (Lipinski definition) is 6. The highest BCUT2D eigenvalue weighted by Gasteiger charge is 2.41. The lowest BCUT2D eigenvalue weighted by Gasteiger charge is -2.47. The average molecular weight is 529 g/mol. The molecule has 1 fully saturated rings. The van der Waals surface area contributed by atoms with Gasteiger partial charge in [0.15, 0.2) is 5.75 Å². The largest absolute Gasteiger partial charge is 0.505 e. The van der Waals surface area contributed by atoms with Crippen LogP contribution in [0.3, 0.4) is 0 Å². The van der Waals surface area contributed by atoms with Crippen molar-refractivity contribution in [1.29, 1.82) is 0 Å². The Morgan fingerprint density at radius 3 is 2.25 bits per heavy atom. The quantitative estimate of drug-likeness (QED) is 0.446. The summed E-state index contributed by atoms with van der Waals surface area (Å²) in [6, 6.07) is 3.01. The van der Waals surface area contributed by atoms with Crippen molar-refractivity contribution in [3.05, 3.63) is 46.7 Å². The van der Waals surface area contributed by atoms with E-state index in [1.54, 1.807) is 18.7 Å². The first-order valence-corrected chi connectivity index (χ1v) is 12.4. The van der Waals surface area contributed by atoms with Crippen molar-refractivity contribution in [1.82, 2.24) is 14.9 Å². The lowest BCUT2D eigenvalue weighted by molar-refractivity contribution is -0.137. The molecule has 1 aromatic heterocycles. The van der Waals surface area contributed by atoms with Crippen LogP contribution < -0.4 is 4.90 Å². The number of carbonyl (C=O) groups is 1. The van der Waals surface area contributed by atoms with E-state index in [-0.39, 0.29) is 53.6 Å². The van der Waals surface area contributed by atoms with Gasteiger partial charge in [-0.05, 0) is 63.3 Å². The van der Waals surface area contributed by atoms with Gasteiger partial charge in [0.2, 0.25) is 5.95 Å². The average Bonchev–Trinajstić information content (AvgIpc) is 2.81. The lowest BCUT2D eigenvalue weighted by Crippen LogP contribution is -2.57. The molecule has 3 rings (SSSR count). The first-order chi connectivity index (χ1) is 16.9. The topological polar surface area (TPSA) is 78.8 Å². The second kappa shape index (κ2) is 11.5. The molecule has 1 aliphatic heterocycles. The zero-order valence-electron chi connectivity index (χ0n) is 20.8. The molecule has 2 aromatic rings. The first kappa shape index (κ1) is 27.8. The van der Waals surface area contributed by atoms with Gasteiger partial charge in [0.05, 0.1) is 24.1 Å². The Labute approximate surface area is 214 Å². The fourth-order valence-electron chi connectivity index (χ4n) is 4.72. The molecular weight excluding hydrogens is 497 g/mol. The minimum absolute atomic E-state index is 0.0180. The Balaban J connectivity index is 1.98. The van der Waals surface area contributed by atoms with Gasteiger partial charge in [0.25, 0.3) is 0 Å². The summed E-state index contributed by atoms with van der Waals surface area (Å²) in [7, 11) is 0. The Hall–Kier alpha value is -2.75. The van der Waals surface area contributed by atoms with Crippen molar-refractivity contribution in [2.45, 2.75) is 90.3 Å². The van der Waals surface area contributed by atoms with Gasteiger partial charge >= 0.3 is 12.3 Å². The molecule has 0 bridgehead atoms. The van der Waals surface area contributed by atoms with Gasteiger partial charge in [-0.2, -0.15) is 13.2 Å². The zero-order valence-corrected chi connectivity index (χ0v) is 21.6. The van der Waals surface area contributed by atoms with Gasteiger partial charge in [-0.3, -0.25) is 0 Å². The zero-order chi connectivity index (χ0) is 26.6. The number of likely N-dealkylation sites (tertiary alicyclic amines) is 1. The number of ether oxygens (including phenoxy) is 1. The number of aromatic hydroxyl groups is 1. The van der Waals surface area contributed by atoms with E-state index in [4.69, 9.17) is 16.3 Å². The molecule has 0 aliphatic carbocycles. The Bertz CT molecular complexity index is 1020. The van der Waals surface area contributed by atoms with Gasteiger partial charge in [-0.15, -0.1) is 0 Å². The number of alkyl halides is 3. The smallest absolute Gasteiger partial charge is 0.416 e. The monoisotopic (exact) mass is 528 g/mol. The molecule has 11 heteroatoms. The molecule has 1 saturated heterocycles. The molecule has 1 N–H and O–H groups in total. The predicted molar refractivity (Wildman–Crippen MR) is 131 cm³/mol. The Morgan fingerprint density at radius 1 is 1.17 bits per heavy atom. The molecule has 1 aliphatic rings. The van der Waals surface area contributed by atoms with Gasteiger partial charge in [-0.1, -0.05) is 25.4 Å². The molecule has 1 amide bonds. The van der Waals surface area contributed by atoms with Gasteiger partial charge in [-0.25, -0.2) is 14.8 Å². The van der Waals surface area contributed by atoms with Crippen molar-refractivity contribution in [2.75, 3.05) is 4.90 Å². The molecule has 0 radical (unpaired) electrons. The van der Waals surface area contributed by atoms with E-state index in [1.807, 2.05) is 18.7 Å². The summed E-state index contributed by atoms with van der Waals surface area (Å²) >= 11 is 6.04. The minimum atomic E-state index is -4.54. The summed E-state index contributed by atoms with van der Waals surface area (Å²) < 4.78 is 45.8. The van der Waals surface area contributed by atoms with Crippen LogP contribution in [0.5, 0.6) is 5.75 Å². The summed E-state index contributed by atoms with van der Waals surface area (Å²) in [6.45, 7) is 7.66. The van der Waals surface area contributed by atoms with Crippen molar-refractivity contribution in [3.8, 4) is 5.75 Å². The van der Waals surface area contributed by atoms with E-state index in [2.05, 4.69) is 9.97 Å². The maximum atomic E-state index is 13.4. The van der Waals surface area contributed by atoms with Crippen molar-refractivity contribution >= 4 is 23.6 Å². The standard InChI is InChI=1S/C25H32ClF3N4O3/c1-5-19-10-21(11-20(6-2)33(19)24(35)36-15(3)4)32(23-30-12-22(34)13-31-23)14-16-7-17(25(27,28)29)9-18(26)8-16/h7-9,12-13,15,19-21,34H,5-6,10-11,14H2,1-4H3/t19-,20+,21?. The number of amides is 1. The highest BCUT2D eigenvalue weighted by Crippen LogP contribution is 2.35. The Morgan fingerprint density at radius 2 is 1.75 bits per heavy atom. The highest BCUT2D eigenvalue weighted by molar-refractivity contribution is 6.30. The third-order valence-corrected chi connectivity index (χ3v) is 6.54. The summed E-state index contributed by atoms with van der Waals surface area (Å²) in [5.41, 5.74) is -0.477. The normalized spacial score (nSPS) is 20.5. The molecular formula is C25H32ClF3N4O3. The number of rotatable bonds is 7. The SMILES string of the molecule is CC[C@@H]1CC(N(Cc2cc(Cl)cc(C(F)(F)F)c2)c2ncc(O)cn2)C[C@H](CC)N1C(=O)OC(C)C. The number of benzene rings is 1. The molecule has 1 aromatic carbocycles. The first-order valence-electron chi connectivity index (χ1n) is 12.1. The summed E-state index contributed by atoms with van der Waals surface area (Å²) in [6.07, 6.45) is -0.191. The van der Waals surface area contributed by atoms with Crippen LogP contribution in [-0.2, 0) is 17.5 Å². The second-order valence-electron chi connectivity index (χ2n) is 9.30. The molecule has 3 atom stereocenters. The summed E-state index contributed by atoms with van der Waals surface area (Å²) in [4.78, 5) is 25.0. The maximum Gasteiger partial charge on any atom is 0.416 e. The van der Waals surface area contributed by atoms with Gasteiger partial charge in [0, 0.05) is 29.7 Å². The molecule has 198 valence electrons. The lowest BCUT2D eigenvalue weighted by atomic mass is 9.87. The molecule has 0 saturated carbocycles. The van der Waals surface area contributed by atoms with Crippen LogP contribution in [0.1, 0.15) is 64.5 Å². The highest BCUT2D eigenvalue weighted by atomic mass is 35.5. The number of hydrogen-bond donors (Lipinski definition) is 1. The van der Waals surface area contributed by atoms with Crippen molar-refractivity contribution in [3.63, 3.8) is 0 Å². The van der Waals surface area contributed by atoms with Gasteiger partial charge in [0.1, 0.15) is 0 Å². The molecule has 2 heterocycles. The van der Waals surface area contributed by atoms with Crippen LogP contribution in [0.25, 0.3) is 0 Å². The van der Waals surface area contributed by atoms with Gasteiger partial charge < -0.3 is 19.6 Å². The fourth-order valence-corrected chi connectivity index (χ4v) is 4.98. The molecule has 0 spiro atoms. The fraction of sp³-hybridized carbons (Fsp3) is 0.560. The minimum Gasteiger partial charge on any atom is -0.505 e. The van der Waals surface area contributed by atoms with Crippen LogP contribution in [0.15, 0.2) is 30.6 Å².